The summed E-state index contributed by atoms with van der Waals surface area (Å²) in [6, 6.07) is 10.8. The van der Waals surface area contributed by atoms with Crippen LogP contribution in [-0.4, -0.2) is 13.6 Å². The maximum Gasteiger partial charge on any atom is 0.0772 e. The first-order valence-corrected chi connectivity index (χ1v) is 7.48. The summed E-state index contributed by atoms with van der Waals surface area (Å²) in [4.78, 5) is 4.68. The molecule has 2 rings (SSSR count). The lowest BCUT2D eigenvalue weighted by Crippen LogP contribution is -2.16. The van der Waals surface area contributed by atoms with Gasteiger partial charge < -0.3 is 10.6 Å². The summed E-state index contributed by atoms with van der Waals surface area (Å²) in [6.07, 6.45) is 0. The summed E-state index contributed by atoms with van der Waals surface area (Å²) in [5.41, 5.74) is 9.28. The lowest BCUT2D eigenvalue weighted by molar-refractivity contribution is 0.933. The minimum Gasteiger partial charge on any atom is -0.369 e. The van der Waals surface area contributed by atoms with E-state index in [1.165, 1.54) is 21.7 Å². The summed E-state index contributed by atoms with van der Waals surface area (Å²) in [6.45, 7) is 5.60. The molecule has 104 valence electrons. The molecule has 0 aliphatic rings. The van der Waals surface area contributed by atoms with E-state index in [1.807, 2.05) is 0 Å². The van der Waals surface area contributed by atoms with E-state index < -0.39 is 0 Å². The van der Waals surface area contributed by atoms with Crippen LogP contribution in [0.15, 0.2) is 30.3 Å². The summed E-state index contributed by atoms with van der Waals surface area (Å²) in [5.74, 6) is 5.97. The number of benzene rings is 1. The molecule has 1 aromatic heterocycles. The molecule has 0 radical (unpaired) electrons. The molecule has 0 fully saturated rings. The molecule has 1 heterocycles. The Morgan fingerprint density at radius 3 is 2.70 bits per heavy atom. The molecule has 0 unspecified atom stereocenters. The van der Waals surface area contributed by atoms with Gasteiger partial charge in [0.2, 0.25) is 0 Å². The van der Waals surface area contributed by atoms with Gasteiger partial charge in [0.25, 0.3) is 0 Å². The lowest BCUT2D eigenvalue weighted by Gasteiger charge is -2.21. The van der Waals surface area contributed by atoms with Crippen LogP contribution in [0.1, 0.15) is 20.9 Å². The Kier molecular flexibility index (Phi) is 4.84. The van der Waals surface area contributed by atoms with E-state index in [2.05, 4.69) is 68.0 Å². The number of aryl methyl sites for hydroxylation is 2. The maximum atomic E-state index is 5.39. The third-order valence-corrected chi connectivity index (χ3v) is 4.12. The van der Waals surface area contributed by atoms with Crippen LogP contribution in [0, 0.1) is 25.7 Å². The van der Waals surface area contributed by atoms with Crippen LogP contribution >= 0.6 is 11.3 Å². The van der Waals surface area contributed by atoms with Crippen LogP contribution in [0.3, 0.4) is 0 Å². The average Bonchev–Trinajstić information content (AvgIpc) is 2.83. The Morgan fingerprint density at radius 2 is 2.00 bits per heavy atom. The SMILES string of the molecule is Cc1ccc(N(C)Cc2ccc(C#CCN)s2)c(C)c1. The van der Waals surface area contributed by atoms with Crippen LogP contribution in [0.2, 0.25) is 0 Å². The van der Waals surface area contributed by atoms with Gasteiger partial charge in [-0.15, -0.1) is 11.3 Å². The van der Waals surface area contributed by atoms with Crippen molar-refractivity contribution in [2.24, 2.45) is 5.73 Å². The molecule has 2 aromatic rings. The molecule has 0 amide bonds. The van der Waals surface area contributed by atoms with Crippen molar-refractivity contribution in [1.29, 1.82) is 0 Å². The van der Waals surface area contributed by atoms with Gasteiger partial charge in [-0.3, -0.25) is 0 Å². The van der Waals surface area contributed by atoms with Crippen LogP contribution < -0.4 is 10.6 Å². The summed E-state index contributed by atoms with van der Waals surface area (Å²) >= 11 is 1.73. The van der Waals surface area contributed by atoms with E-state index >= 15 is 0 Å². The predicted molar refractivity (Wildman–Crippen MR) is 88.3 cm³/mol. The van der Waals surface area contributed by atoms with Gasteiger partial charge in [-0.2, -0.15) is 0 Å². The van der Waals surface area contributed by atoms with E-state index in [0.29, 0.717) is 6.54 Å². The maximum absolute atomic E-state index is 5.39. The zero-order valence-electron chi connectivity index (χ0n) is 12.2. The van der Waals surface area contributed by atoms with Gasteiger partial charge in [-0.05, 0) is 37.6 Å². The largest absolute Gasteiger partial charge is 0.369 e. The van der Waals surface area contributed by atoms with E-state index in [4.69, 9.17) is 5.73 Å². The fourth-order valence-electron chi connectivity index (χ4n) is 2.22. The van der Waals surface area contributed by atoms with E-state index in [0.717, 1.165) is 11.4 Å². The number of rotatable bonds is 3. The average molecular weight is 284 g/mol. The molecule has 20 heavy (non-hydrogen) atoms. The Hall–Kier alpha value is -1.76. The Bertz CT molecular complexity index is 646. The third kappa shape index (κ3) is 3.63. The Morgan fingerprint density at radius 1 is 1.20 bits per heavy atom. The molecule has 0 saturated carbocycles. The second-order valence-electron chi connectivity index (χ2n) is 4.92. The van der Waals surface area contributed by atoms with Crippen molar-refractivity contribution >= 4 is 17.0 Å². The molecular weight excluding hydrogens is 264 g/mol. The van der Waals surface area contributed by atoms with Crippen molar-refractivity contribution in [1.82, 2.24) is 0 Å². The van der Waals surface area contributed by atoms with Crippen LogP contribution in [0.4, 0.5) is 5.69 Å². The molecule has 1 aromatic carbocycles. The van der Waals surface area contributed by atoms with Crippen molar-refractivity contribution in [3.63, 3.8) is 0 Å². The second-order valence-corrected chi connectivity index (χ2v) is 6.09. The first kappa shape index (κ1) is 14.6. The molecule has 3 heteroatoms. The highest BCUT2D eigenvalue weighted by Crippen LogP contribution is 2.24. The number of nitrogens with zero attached hydrogens (tertiary/aromatic N) is 1. The normalized spacial score (nSPS) is 10.0. The first-order valence-electron chi connectivity index (χ1n) is 6.66. The van der Waals surface area contributed by atoms with Crippen LogP contribution in [-0.2, 0) is 6.54 Å². The van der Waals surface area contributed by atoms with Gasteiger partial charge in [0, 0.05) is 17.6 Å². The van der Waals surface area contributed by atoms with Crippen LogP contribution in [0.25, 0.3) is 0 Å². The Labute approximate surface area is 125 Å². The Balaban J connectivity index is 2.11. The molecule has 2 N–H and O–H groups in total. The van der Waals surface area contributed by atoms with Gasteiger partial charge in [0.05, 0.1) is 18.0 Å². The molecule has 2 nitrogen and oxygen atoms in total. The van der Waals surface area contributed by atoms with E-state index in [9.17, 15) is 0 Å². The van der Waals surface area contributed by atoms with Gasteiger partial charge in [0.1, 0.15) is 0 Å². The van der Waals surface area contributed by atoms with Crippen molar-refractivity contribution in [2.45, 2.75) is 20.4 Å². The quantitative estimate of drug-likeness (QED) is 0.876. The monoisotopic (exact) mass is 284 g/mol. The highest BCUT2D eigenvalue weighted by Gasteiger charge is 2.07. The van der Waals surface area contributed by atoms with E-state index in [-0.39, 0.29) is 0 Å². The van der Waals surface area contributed by atoms with Crippen molar-refractivity contribution in [2.75, 3.05) is 18.5 Å². The van der Waals surface area contributed by atoms with Gasteiger partial charge in [0.15, 0.2) is 0 Å². The van der Waals surface area contributed by atoms with Crippen molar-refractivity contribution < 1.29 is 0 Å². The highest BCUT2D eigenvalue weighted by atomic mass is 32.1. The number of anilines is 1. The minimum atomic E-state index is 0.412. The number of thiophene rings is 1. The standard InChI is InChI=1S/C17H20N2S/c1-13-6-9-17(14(2)11-13)19(3)12-16-8-7-15(20-16)5-4-10-18/h6-9,11H,10,12,18H2,1-3H3. The fraction of sp³-hybridized carbons (Fsp3) is 0.294. The fourth-order valence-corrected chi connectivity index (χ4v) is 3.16. The first-order chi connectivity index (χ1) is 9.60. The highest BCUT2D eigenvalue weighted by molar-refractivity contribution is 7.12. The molecular formula is C17H20N2S. The molecule has 0 saturated heterocycles. The number of nitrogens with two attached hydrogens (primary N) is 1. The minimum absolute atomic E-state index is 0.412. The lowest BCUT2D eigenvalue weighted by atomic mass is 10.1. The topological polar surface area (TPSA) is 29.3 Å². The molecule has 0 bridgehead atoms. The molecule has 0 aliphatic carbocycles. The van der Waals surface area contributed by atoms with Crippen molar-refractivity contribution in [3.8, 4) is 11.8 Å². The number of hydrogen-bond acceptors (Lipinski definition) is 3. The molecule has 0 spiro atoms. The summed E-state index contributed by atoms with van der Waals surface area (Å²) in [7, 11) is 2.13. The molecule has 0 aliphatic heterocycles. The predicted octanol–water partition coefficient (Wildman–Crippen LogP) is 3.31. The second kappa shape index (κ2) is 6.60. The van der Waals surface area contributed by atoms with Gasteiger partial charge in [-0.25, -0.2) is 0 Å². The van der Waals surface area contributed by atoms with Crippen LogP contribution in [0.5, 0.6) is 0 Å². The third-order valence-electron chi connectivity index (χ3n) is 3.13. The van der Waals surface area contributed by atoms with Crippen molar-refractivity contribution in [3.05, 3.63) is 51.2 Å². The number of hydrogen-bond donors (Lipinski definition) is 1. The van der Waals surface area contributed by atoms with E-state index in [1.54, 1.807) is 11.3 Å². The zero-order valence-corrected chi connectivity index (χ0v) is 13.1. The summed E-state index contributed by atoms with van der Waals surface area (Å²) in [5, 5.41) is 0. The zero-order chi connectivity index (χ0) is 14.5. The van der Waals surface area contributed by atoms with Gasteiger partial charge in [-0.1, -0.05) is 29.5 Å². The van der Waals surface area contributed by atoms with Gasteiger partial charge >= 0.3 is 0 Å². The smallest absolute Gasteiger partial charge is 0.0772 e. The summed E-state index contributed by atoms with van der Waals surface area (Å²) < 4.78 is 0. The molecule has 0 atom stereocenters.